The molecule has 3 aromatic rings. The molecule has 0 fully saturated rings. The third-order valence-electron chi connectivity index (χ3n) is 3.56. The summed E-state index contributed by atoms with van der Waals surface area (Å²) < 4.78 is 11.0. The summed E-state index contributed by atoms with van der Waals surface area (Å²) in [6.07, 6.45) is 0. The number of rotatable bonds is 6. The van der Waals surface area contributed by atoms with Gasteiger partial charge < -0.3 is 9.15 Å². The molecule has 0 aliphatic carbocycles. The number of methoxy groups -OCH3 is 1. The topological polar surface area (TPSA) is 51.4 Å². The van der Waals surface area contributed by atoms with Crippen molar-refractivity contribution in [1.82, 2.24) is 15.1 Å². The molecule has 0 aliphatic rings. The minimum absolute atomic E-state index is 0.436. The minimum atomic E-state index is 0.436. The van der Waals surface area contributed by atoms with Crippen LogP contribution in [-0.2, 0) is 13.1 Å². The second kappa shape index (κ2) is 7.47. The molecule has 0 unspecified atom stereocenters. The molecule has 0 atom stereocenters. The lowest BCUT2D eigenvalue weighted by Gasteiger charge is -2.14. The van der Waals surface area contributed by atoms with Crippen LogP contribution in [-0.4, -0.2) is 29.3 Å². The van der Waals surface area contributed by atoms with Gasteiger partial charge in [0.1, 0.15) is 5.75 Å². The summed E-state index contributed by atoms with van der Waals surface area (Å²) in [4.78, 5) is 2.10. The van der Waals surface area contributed by atoms with Gasteiger partial charge in [-0.05, 0) is 36.9 Å². The van der Waals surface area contributed by atoms with Crippen LogP contribution in [0.3, 0.4) is 0 Å². The maximum Gasteiger partial charge on any atom is 0.249 e. The SMILES string of the molecule is COc1cccc(CN(C)Cc2nnc(-c3ccccc3Cl)o2)c1. The molecule has 0 saturated carbocycles. The van der Waals surface area contributed by atoms with Crippen LogP contribution in [0.25, 0.3) is 11.5 Å². The Balaban J connectivity index is 1.67. The Kier molecular flexibility index (Phi) is 5.13. The summed E-state index contributed by atoms with van der Waals surface area (Å²) in [5.41, 5.74) is 1.90. The van der Waals surface area contributed by atoms with E-state index in [9.17, 15) is 0 Å². The second-order valence-corrected chi connectivity index (χ2v) is 5.91. The zero-order valence-corrected chi connectivity index (χ0v) is 14.3. The number of halogens is 1. The number of ether oxygens (including phenoxy) is 1. The van der Waals surface area contributed by atoms with E-state index in [4.69, 9.17) is 20.8 Å². The molecule has 3 rings (SSSR count). The van der Waals surface area contributed by atoms with Crippen LogP contribution in [0.4, 0.5) is 0 Å². The highest BCUT2D eigenvalue weighted by Gasteiger charge is 2.13. The Hall–Kier alpha value is -2.37. The van der Waals surface area contributed by atoms with Crippen LogP contribution in [0, 0.1) is 0 Å². The highest BCUT2D eigenvalue weighted by molar-refractivity contribution is 6.33. The van der Waals surface area contributed by atoms with Gasteiger partial charge in [0.15, 0.2) is 0 Å². The van der Waals surface area contributed by atoms with Gasteiger partial charge in [-0.15, -0.1) is 10.2 Å². The third-order valence-corrected chi connectivity index (χ3v) is 3.89. The van der Waals surface area contributed by atoms with Gasteiger partial charge >= 0.3 is 0 Å². The molecule has 0 saturated heterocycles. The quantitative estimate of drug-likeness (QED) is 0.676. The molecule has 0 amide bonds. The van der Waals surface area contributed by atoms with E-state index < -0.39 is 0 Å². The standard InChI is InChI=1S/C18H18ClN3O2/c1-22(11-13-6-5-7-14(10-13)23-2)12-17-20-21-18(24-17)15-8-3-4-9-16(15)19/h3-10H,11-12H2,1-2H3. The Morgan fingerprint density at radius 3 is 2.71 bits per heavy atom. The largest absolute Gasteiger partial charge is 0.497 e. The lowest BCUT2D eigenvalue weighted by molar-refractivity contribution is 0.282. The van der Waals surface area contributed by atoms with E-state index in [1.54, 1.807) is 13.2 Å². The first-order chi connectivity index (χ1) is 11.7. The van der Waals surface area contributed by atoms with E-state index >= 15 is 0 Å². The van der Waals surface area contributed by atoms with Crippen LogP contribution in [0.2, 0.25) is 5.02 Å². The van der Waals surface area contributed by atoms with Crippen molar-refractivity contribution in [3.05, 3.63) is 65.0 Å². The van der Waals surface area contributed by atoms with Crippen LogP contribution in [0.1, 0.15) is 11.5 Å². The first kappa shape index (κ1) is 16.5. The summed E-state index contributed by atoms with van der Waals surface area (Å²) in [5.74, 6) is 1.83. The number of hydrogen-bond acceptors (Lipinski definition) is 5. The summed E-state index contributed by atoms with van der Waals surface area (Å²) in [7, 11) is 3.66. The van der Waals surface area contributed by atoms with Gasteiger partial charge in [-0.25, -0.2) is 0 Å². The molecular weight excluding hydrogens is 326 g/mol. The van der Waals surface area contributed by atoms with Crippen molar-refractivity contribution in [2.24, 2.45) is 0 Å². The fourth-order valence-corrected chi connectivity index (χ4v) is 2.65. The summed E-state index contributed by atoms with van der Waals surface area (Å²) >= 11 is 6.16. The van der Waals surface area contributed by atoms with Crippen molar-refractivity contribution >= 4 is 11.6 Å². The number of hydrogen-bond donors (Lipinski definition) is 0. The molecule has 1 heterocycles. The Morgan fingerprint density at radius 1 is 1.08 bits per heavy atom. The molecular formula is C18H18ClN3O2. The fourth-order valence-electron chi connectivity index (χ4n) is 2.43. The van der Waals surface area contributed by atoms with Crippen molar-refractivity contribution in [2.45, 2.75) is 13.1 Å². The van der Waals surface area contributed by atoms with Crippen molar-refractivity contribution in [2.75, 3.05) is 14.2 Å². The Labute approximate surface area is 145 Å². The summed E-state index contributed by atoms with van der Waals surface area (Å²) in [6.45, 7) is 1.30. The van der Waals surface area contributed by atoms with Crippen molar-refractivity contribution < 1.29 is 9.15 Å². The van der Waals surface area contributed by atoms with Crippen LogP contribution < -0.4 is 4.74 Å². The van der Waals surface area contributed by atoms with Crippen LogP contribution in [0.15, 0.2) is 52.9 Å². The normalized spacial score (nSPS) is 11.0. The monoisotopic (exact) mass is 343 g/mol. The van der Waals surface area contributed by atoms with E-state index in [2.05, 4.69) is 21.2 Å². The van der Waals surface area contributed by atoms with Gasteiger partial charge in [-0.3, -0.25) is 4.90 Å². The van der Waals surface area contributed by atoms with Crippen LogP contribution >= 0.6 is 11.6 Å². The maximum atomic E-state index is 6.16. The molecule has 0 N–H and O–H groups in total. The van der Waals surface area contributed by atoms with Gasteiger partial charge in [0.05, 0.1) is 24.2 Å². The molecule has 1 aromatic heterocycles. The molecule has 5 nitrogen and oxygen atoms in total. The molecule has 2 aromatic carbocycles. The van der Waals surface area contributed by atoms with E-state index in [1.807, 2.05) is 43.4 Å². The zero-order chi connectivity index (χ0) is 16.9. The Morgan fingerprint density at radius 2 is 1.92 bits per heavy atom. The van der Waals surface area contributed by atoms with Gasteiger partial charge in [-0.1, -0.05) is 35.9 Å². The summed E-state index contributed by atoms with van der Waals surface area (Å²) in [6, 6.07) is 15.4. The minimum Gasteiger partial charge on any atom is -0.497 e. The van der Waals surface area contributed by atoms with Crippen molar-refractivity contribution in [3.63, 3.8) is 0 Å². The molecule has 24 heavy (non-hydrogen) atoms. The number of nitrogens with zero attached hydrogens (tertiary/aromatic N) is 3. The molecule has 0 spiro atoms. The third kappa shape index (κ3) is 3.93. The van der Waals surface area contributed by atoms with E-state index in [0.29, 0.717) is 23.3 Å². The molecule has 6 heteroatoms. The molecule has 0 bridgehead atoms. The van der Waals surface area contributed by atoms with Gasteiger partial charge in [0, 0.05) is 6.54 Å². The van der Waals surface area contributed by atoms with E-state index in [1.165, 1.54) is 0 Å². The zero-order valence-electron chi connectivity index (χ0n) is 13.6. The smallest absolute Gasteiger partial charge is 0.249 e. The summed E-state index contributed by atoms with van der Waals surface area (Å²) in [5, 5.41) is 8.79. The van der Waals surface area contributed by atoms with E-state index in [0.717, 1.165) is 23.4 Å². The highest BCUT2D eigenvalue weighted by Crippen LogP contribution is 2.26. The lowest BCUT2D eigenvalue weighted by atomic mass is 10.2. The first-order valence-electron chi connectivity index (χ1n) is 7.54. The predicted molar refractivity (Wildman–Crippen MR) is 92.9 cm³/mol. The predicted octanol–water partition coefficient (Wildman–Crippen LogP) is 4.03. The first-order valence-corrected chi connectivity index (χ1v) is 7.92. The van der Waals surface area contributed by atoms with Gasteiger partial charge in [0.2, 0.25) is 11.8 Å². The average molecular weight is 344 g/mol. The Bertz CT molecular complexity index is 819. The second-order valence-electron chi connectivity index (χ2n) is 5.50. The number of benzene rings is 2. The van der Waals surface area contributed by atoms with Gasteiger partial charge in [0.25, 0.3) is 0 Å². The maximum absolute atomic E-state index is 6.16. The molecule has 0 radical (unpaired) electrons. The van der Waals surface area contributed by atoms with Crippen molar-refractivity contribution in [3.8, 4) is 17.2 Å². The average Bonchev–Trinajstić information content (AvgIpc) is 3.03. The molecule has 124 valence electrons. The molecule has 0 aliphatic heterocycles. The highest BCUT2D eigenvalue weighted by atomic mass is 35.5. The van der Waals surface area contributed by atoms with Crippen LogP contribution in [0.5, 0.6) is 5.75 Å². The van der Waals surface area contributed by atoms with Crippen molar-refractivity contribution in [1.29, 1.82) is 0 Å². The van der Waals surface area contributed by atoms with Gasteiger partial charge in [-0.2, -0.15) is 0 Å². The fraction of sp³-hybridized carbons (Fsp3) is 0.222. The number of aromatic nitrogens is 2. The lowest BCUT2D eigenvalue weighted by Crippen LogP contribution is -2.17. The van der Waals surface area contributed by atoms with E-state index in [-0.39, 0.29) is 0 Å².